The summed E-state index contributed by atoms with van der Waals surface area (Å²) in [7, 11) is 0. The Morgan fingerprint density at radius 1 is 0.842 bits per heavy atom. The van der Waals surface area contributed by atoms with Crippen LogP contribution in [-0.4, -0.2) is 0 Å². The van der Waals surface area contributed by atoms with Crippen molar-refractivity contribution in [3.63, 3.8) is 0 Å². The zero-order valence-electron chi connectivity index (χ0n) is 9.78. The van der Waals surface area contributed by atoms with Crippen LogP contribution in [-0.2, 0) is 0 Å². The predicted molar refractivity (Wildman–Crippen MR) is 89.5 cm³/mol. The summed E-state index contributed by atoms with van der Waals surface area (Å²) in [5.74, 6) is 0. The molecule has 0 unspecified atom stereocenters. The Morgan fingerprint density at radius 2 is 1.58 bits per heavy atom. The molecule has 92 valence electrons. The van der Waals surface area contributed by atoms with Crippen molar-refractivity contribution in [3.05, 3.63) is 58.0 Å². The van der Waals surface area contributed by atoms with Crippen LogP contribution in [0.25, 0.3) is 30.9 Å². The number of halogens is 2. The highest BCUT2D eigenvalue weighted by molar-refractivity contribution is 9.10. The molecule has 4 rings (SSSR count). The van der Waals surface area contributed by atoms with Crippen molar-refractivity contribution in [2.24, 2.45) is 0 Å². The highest BCUT2D eigenvalue weighted by Crippen LogP contribution is 2.43. The van der Waals surface area contributed by atoms with Gasteiger partial charge in [-0.15, -0.1) is 11.3 Å². The van der Waals surface area contributed by atoms with Crippen LogP contribution in [0.5, 0.6) is 0 Å². The van der Waals surface area contributed by atoms with Crippen molar-refractivity contribution in [1.82, 2.24) is 0 Å². The molecule has 0 atom stereocenters. The molecule has 1 aromatic heterocycles. The normalized spacial score (nSPS) is 11.7. The topological polar surface area (TPSA) is 0 Å². The Morgan fingerprint density at radius 3 is 2.47 bits per heavy atom. The largest absolute Gasteiger partial charge is 0.135 e. The van der Waals surface area contributed by atoms with Gasteiger partial charge in [0.15, 0.2) is 0 Å². The maximum Gasteiger partial charge on any atom is 0.0555 e. The van der Waals surface area contributed by atoms with Gasteiger partial charge in [-0.05, 0) is 44.9 Å². The SMILES string of the molecule is Clc1ccc2sc3ccc4ccccc4c3c2c1Br. The second-order valence-electron chi connectivity index (χ2n) is 4.50. The summed E-state index contributed by atoms with van der Waals surface area (Å²) in [5, 5.41) is 5.84. The minimum atomic E-state index is 0.764. The summed E-state index contributed by atoms with van der Waals surface area (Å²) in [4.78, 5) is 0. The fourth-order valence-corrected chi connectivity index (χ4v) is 4.53. The molecular formula is C16H8BrClS. The number of fused-ring (bicyclic) bond motifs is 5. The van der Waals surface area contributed by atoms with E-state index in [9.17, 15) is 0 Å². The van der Waals surface area contributed by atoms with E-state index in [1.165, 1.54) is 30.9 Å². The molecule has 0 saturated heterocycles. The minimum Gasteiger partial charge on any atom is -0.135 e. The average molecular weight is 348 g/mol. The van der Waals surface area contributed by atoms with Gasteiger partial charge in [-0.3, -0.25) is 0 Å². The molecule has 0 aliphatic carbocycles. The van der Waals surface area contributed by atoms with Crippen molar-refractivity contribution in [2.75, 3.05) is 0 Å². The van der Waals surface area contributed by atoms with E-state index >= 15 is 0 Å². The van der Waals surface area contributed by atoms with Gasteiger partial charge in [0.2, 0.25) is 0 Å². The lowest BCUT2D eigenvalue weighted by atomic mass is 10.0. The Bertz CT molecular complexity index is 940. The molecule has 0 radical (unpaired) electrons. The highest BCUT2D eigenvalue weighted by atomic mass is 79.9. The van der Waals surface area contributed by atoms with Gasteiger partial charge >= 0.3 is 0 Å². The lowest BCUT2D eigenvalue weighted by molar-refractivity contribution is 1.78. The quantitative estimate of drug-likeness (QED) is 0.335. The molecule has 0 nitrogen and oxygen atoms in total. The van der Waals surface area contributed by atoms with Gasteiger partial charge in [-0.25, -0.2) is 0 Å². The first-order chi connectivity index (χ1) is 9.25. The van der Waals surface area contributed by atoms with Crippen LogP contribution in [0.2, 0.25) is 5.02 Å². The molecule has 0 N–H and O–H groups in total. The Balaban J connectivity index is 2.38. The maximum absolute atomic E-state index is 6.25. The number of benzene rings is 3. The molecular weight excluding hydrogens is 340 g/mol. The third-order valence-corrected chi connectivity index (χ3v) is 5.90. The summed E-state index contributed by atoms with van der Waals surface area (Å²) in [6.45, 7) is 0. The monoisotopic (exact) mass is 346 g/mol. The van der Waals surface area contributed by atoms with Crippen LogP contribution in [0.3, 0.4) is 0 Å². The third-order valence-electron chi connectivity index (χ3n) is 3.42. The van der Waals surface area contributed by atoms with Crippen molar-refractivity contribution in [2.45, 2.75) is 0 Å². The average Bonchev–Trinajstić information content (AvgIpc) is 2.82. The van der Waals surface area contributed by atoms with Crippen LogP contribution in [0.4, 0.5) is 0 Å². The van der Waals surface area contributed by atoms with Gasteiger partial charge in [-0.2, -0.15) is 0 Å². The standard InChI is InChI=1S/C16H8BrClS/c17-16-11(18)6-8-13-15(16)14-10-4-2-1-3-9(10)5-7-12(14)19-13/h1-8H. The Labute approximate surface area is 127 Å². The molecule has 0 fully saturated rings. The van der Waals surface area contributed by atoms with E-state index in [0.717, 1.165) is 9.50 Å². The fourth-order valence-electron chi connectivity index (χ4n) is 2.56. The number of rotatable bonds is 0. The van der Waals surface area contributed by atoms with Gasteiger partial charge in [0.05, 0.1) is 5.02 Å². The summed E-state index contributed by atoms with van der Waals surface area (Å²) < 4.78 is 3.56. The van der Waals surface area contributed by atoms with Crippen LogP contribution >= 0.6 is 38.9 Å². The molecule has 4 aromatic rings. The number of thiophene rings is 1. The summed E-state index contributed by atoms with van der Waals surface area (Å²) in [5.41, 5.74) is 0. The van der Waals surface area contributed by atoms with Gasteiger partial charge < -0.3 is 0 Å². The zero-order valence-corrected chi connectivity index (χ0v) is 12.9. The van der Waals surface area contributed by atoms with Crippen molar-refractivity contribution in [3.8, 4) is 0 Å². The molecule has 0 aliphatic heterocycles. The van der Waals surface area contributed by atoms with Gasteiger partial charge in [0.1, 0.15) is 0 Å². The maximum atomic E-state index is 6.25. The van der Waals surface area contributed by atoms with E-state index in [0.29, 0.717) is 0 Å². The lowest BCUT2D eigenvalue weighted by Gasteiger charge is -2.02. The van der Waals surface area contributed by atoms with Crippen LogP contribution in [0.1, 0.15) is 0 Å². The van der Waals surface area contributed by atoms with Gasteiger partial charge in [0.25, 0.3) is 0 Å². The van der Waals surface area contributed by atoms with E-state index in [-0.39, 0.29) is 0 Å². The van der Waals surface area contributed by atoms with Crippen molar-refractivity contribution >= 4 is 69.8 Å². The second-order valence-corrected chi connectivity index (χ2v) is 6.78. The number of hydrogen-bond donors (Lipinski definition) is 0. The van der Waals surface area contributed by atoms with E-state index in [2.05, 4.69) is 58.4 Å². The Hall–Kier alpha value is -1.09. The molecule has 0 amide bonds. The number of hydrogen-bond acceptors (Lipinski definition) is 1. The lowest BCUT2D eigenvalue weighted by Crippen LogP contribution is -1.75. The minimum absolute atomic E-state index is 0.764. The zero-order chi connectivity index (χ0) is 13.0. The van der Waals surface area contributed by atoms with Gasteiger partial charge in [-0.1, -0.05) is 41.9 Å². The molecule has 0 aliphatic rings. The molecule has 1 heterocycles. The second kappa shape index (κ2) is 4.20. The summed E-state index contributed by atoms with van der Waals surface area (Å²) in [6, 6.07) is 16.9. The molecule has 0 saturated carbocycles. The Kier molecular flexibility index (Phi) is 2.59. The molecule has 3 aromatic carbocycles. The fraction of sp³-hybridized carbons (Fsp3) is 0. The van der Waals surface area contributed by atoms with Gasteiger partial charge in [0, 0.05) is 24.6 Å². The molecule has 0 bridgehead atoms. The van der Waals surface area contributed by atoms with Crippen molar-refractivity contribution in [1.29, 1.82) is 0 Å². The third kappa shape index (κ3) is 1.64. The molecule has 19 heavy (non-hydrogen) atoms. The first-order valence-corrected chi connectivity index (χ1v) is 7.92. The van der Waals surface area contributed by atoms with E-state index in [1.807, 2.05) is 17.4 Å². The smallest absolute Gasteiger partial charge is 0.0555 e. The van der Waals surface area contributed by atoms with Crippen LogP contribution < -0.4 is 0 Å². The van der Waals surface area contributed by atoms with Crippen molar-refractivity contribution < 1.29 is 0 Å². The van der Waals surface area contributed by atoms with E-state index < -0.39 is 0 Å². The summed E-state index contributed by atoms with van der Waals surface area (Å²) >= 11 is 11.7. The first-order valence-electron chi connectivity index (χ1n) is 5.93. The first kappa shape index (κ1) is 11.7. The highest BCUT2D eigenvalue weighted by Gasteiger charge is 2.12. The van der Waals surface area contributed by atoms with E-state index in [4.69, 9.17) is 11.6 Å². The predicted octanol–water partition coefficient (Wildman–Crippen LogP) is 6.62. The van der Waals surface area contributed by atoms with Crippen LogP contribution in [0.15, 0.2) is 53.0 Å². The van der Waals surface area contributed by atoms with Crippen LogP contribution in [0, 0.1) is 0 Å². The summed E-state index contributed by atoms with van der Waals surface area (Å²) in [6.07, 6.45) is 0. The van der Waals surface area contributed by atoms with E-state index in [1.54, 1.807) is 0 Å². The molecule has 3 heteroatoms. The molecule has 0 spiro atoms.